The maximum absolute atomic E-state index is 13.4. The fraction of sp³-hybridized carbons (Fsp3) is 0.533. The van der Waals surface area contributed by atoms with Crippen LogP contribution in [-0.4, -0.2) is 29.2 Å². The number of halogens is 1. The van der Waals surface area contributed by atoms with Crippen LogP contribution in [-0.2, 0) is 4.74 Å². The Morgan fingerprint density at radius 1 is 1.45 bits per heavy atom. The summed E-state index contributed by atoms with van der Waals surface area (Å²) in [6.07, 6.45) is 0.278. The lowest BCUT2D eigenvalue weighted by Crippen LogP contribution is -2.39. The predicted octanol–water partition coefficient (Wildman–Crippen LogP) is 2.83. The Morgan fingerprint density at radius 2 is 2.15 bits per heavy atom. The Bertz CT molecular complexity index is 499. The molecular weight excluding hydrogens is 259 g/mol. The van der Waals surface area contributed by atoms with Gasteiger partial charge in [0.05, 0.1) is 6.04 Å². The molecule has 1 heterocycles. The molecule has 20 heavy (non-hydrogen) atoms. The molecule has 0 unspecified atom stereocenters. The first-order chi connectivity index (χ1) is 9.28. The minimum Gasteiger partial charge on any atom is -0.444 e. The molecule has 1 aromatic rings. The summed E-state index contributed by atoms with van der Waals surface area (Å²) in [5.41, 5.74) is 6.23. The van der Waals surface area contributed by atoms with Crippen molar-refractivity contribution in [2.24, 2.45) is 5.73 Å². The fourth-order valence-electron chi connectivity index (χ4n) is 2.46. The van der Waals surface area contributed by atoms with Gasteiger partial charge in [-0.05, 0) is 44.9 Å². The highest BCUT2D eigenvalue weighted by atomic mass is 19.1. The number of benzene rings is 1. The lowest BCUT2D eigenvalue weighted by molar-refractivity contribution is 0.0218. The minimum atomic E-state index is -0.559. The van der Waals surface area contributed by atoms with Gasteiger partial charge >= 0.3 is 6.09 Å². The van der Waals surface area contributed by atoms with E-state index >= 15 is 0 Å². The first-order valence-electron chi connectivity index (χ1n) is 6.78. The monoisotopic (exact) mass is 280 g/mol. The summed E-state index contributed by atoms with van der Waals surface area (Å²) < 4.78 is 18.8. The number of likely N-dealkylation sites (tertiary alicyclic amines) is 1. The van der Waals surface area contributed by atoms with E-state index in [1.165, 1.54) is 12.1 Å². The van der Waals surface area contributed by atoms with Crippen LogP contribution >= 0.6 is 0 Å². The van der Waals surface area contributed by atoms with Crippen molar-refractivity contribution >= 4 is 6.09 Å². The molecule has 0 bridgehead atoms. The van der Waals surface area contributed by atoms with E-state index in [9.17, 15) is 9.18 Å². The van der Waals surface area contributed by atoms with Gasteiger partial charge in [0.2, 0.25) is 0 Å². The van der Waals surface area contributed by atoms with Crippen molar-refractivity contribution in [1.82, 2.24) is 4.90 Å². The molecule has 1 amide bonds. The van der Waals surface area contributed by atoms with Crippen molar-refractivity contribution in [3.05, 3.63) is 35.6 Å². The van der Waals surface area contributed by atoms with Crippen LogP contribution in [0.4, 0.5) is 9.18 Å². The molecule has 0 aromatic heterocycles. The summed E-state index contributed by atoms with van der Waals surface area (Å²) in [7, 11) is 0. The molecule has 0 aliphatic carbocycles. The smallest absolute Gasteiger partial charge is 0.410 e. The summed E-state index contributed by atoms with van der Waals surface area (Å²) in [6, 6.07) is 5.68. The molecule has 0 spiro atoms. The van der Waals surface area contributed by atoms with Gasteiger partial charge in [-0.2, -0.15) is 0 Å². The van der Waals surface area contributed by atoms with E-state index in [1.54, 1.807) is 17.0 Å². The number of hydrogen-bond donors (Lipinski definition) is 1. The highest BCUT2D eigenvalue weighted by molar-refractivity contribution is 5.69. The van der Waals surface area contributed by atoms with Gasteiger partial charge in [0, 0.05) is 12.6 Å². The highest BCUT2D eigenvalue weighted by Crippen LogP contribution is 2.32. The predicted molar refractivity (Wildman–Crippen MR) is 74.7 cm³/mol. The molecule has 1 aliphatic rings. The van der Waals surface area contributed by atoms with Crippen LogP contribution in [0.15, 0.2) is 24.3 Å². The number of carbonyl (C=O) groups excluding carboxylic acids is 1. The zero-order valence-electron chi connectivity index (χ0n) is 12.1. The van der Waals surface area contributed by atoms with E-state index < -0.39 is 11.7 Å². The van der Waals surface area contributed by atoms with Gasteiger partial charge < -0.3 is 10.5 Å². The summed E-state index contributed by atoms with van der Waals surface area (Å²) in [5.74, 6) is -0.328. The second-order valence-electron chi connectivity index (χ2n) is 6.13. The van der Waals surface area contributed by atoms with E-state index in [1.807, 2.05) is 20.8 Å². The molecule has 2 atom stereocenters. The quantitative estimate of drug-likeness (QED) is 0.860. The molecule has 2 N–H and O–H groups in total. The van der Waals surface area contributed by atoms with Gasteiger partial charge in [-0.3, -0.25) is 4.90 Å². The van der Waals surface area contributed by atoms with Crippen molar-refractivity contribution in [2.75, 3.05) is 6.54 Å². The summed E-state index contributed by atoms with van der Waals surface area (Å²) in [5, 5.41) is 0. The molecule has 4 nitrogen and oxygen atoms in total. The molecule has 1 saturated heterocycles. The Morgan fingerprint density at radius 3 is 2.75 bits per heavy atom. The zero-order valence-corrected chi connectivity index (χ0v) is 12.1. The average Bonchev–Trinajstić information content (AvgIpc) is 2.69. The van der Waals surface area contributed by atoms with Crippen LogP contribution in [0.3, 0.4) is 0 Å². The molecule has 1 aliphatic heterocycles. The Balaban J connectivity index is 2.23. The van der Waals surface area contributed by atoms with Gasteiger partial charge in [-0.25, -0.2) is 9.18 Å². The summed E-state index contributed by atoms with van der Waals surface area (Å²) >= 11 is 0. The maximum Gasteiger partial charge on any atom is 0.410 e. The largest absolute Gasteiger partial charge is 0.444 e. The SMILES string of the molecule is CC(C)(C)OC(=O)N1CC[C@H](N)[C@@H]1c1cccc(F)c1. The third kappa shape index (κ3) is 3.28. The number of carbonyl (C=O) groups is 1. The van der Waals surface area contributed by atoms with Crippen molar-refractivity contribution in [3.8, 4) is 0 Å². The van der Waals surface area contributed by atoms with Gasteiger partial charge in [0.25, 0.3) is 0 Å². The van der Waals surface area contributed by atoms with Crippen LogP contribution in [0.2, 0.25) is 0 Å². The second kappa shape index (κ2) is 5.40. The van der Waals surface area contributed by atoms with E-state index in [0.29, 0.717) is 18.5 Å². The normalized spacial score (nSPS) is 22.9. The molecule has 0 saturated carbocycles. The number of ether oxygens (including phenoxy) is 1. The summed E-state index contributed by atoms with van der Waals surface area (Å²) in [4.78, 5) is 13.8. The van der Waals surface area contributed by atoms with Crippen molar-refractivity contribution in [1.29, 1.82) is 0 Å². The van der Waals surface area contributed by atoms with Crippen LogP contribution < -0.4 is 5.73 Å². The lowest BCUT2D eigenvalue weighted by Gasteiger charge is -2.30. The van der Waals surface area contributed by atoms with Crippen LogP contribution in [0.25, 0.3) is 0 Å². The van der Waals surface area contributed by atoms with E-state index in [-0.39, 0.29) is 17.9 Å². The number of nitrogens with zero attached hydrogens (tertiary/aromatic N) is 1. The Labute approximate surface area is 118 Å². The standard InChI is InChI=1S/C15H21FN2O2/c1-15(2,3)20-14(19)18-8-7-12(17)13(18)10-5-4-6-11(16)9-10/h4-6,9,12-13H,7-8,17H2,1-3H3/t12-,13-/m0/s1. The van der Waals surface area contributed by atoms with Crippen molar-refractivity contribution in [2.45, 2.75) is 44.9 Å². The first kappa shape index (κ1) is 14.8. The minimum absolute atomic E-state index is 0.204. The summed E-state index contributed by atoms with van der Waals surface area (Å²) in [6.45, 7) is 5.98. The number of amides is 1. The topological polar surface area (TPSA) is 55.6 Å². The molecule has 110 valence electrons. The van der Waals surface area contributed by atoms with Crippen LogP contribution in [0, 0.1) is 5.82 Å². The molecule has 2 rings (SSSR count). The molecule has 0 radical (unpaired) electrons. The van der Waals surface area contributed by atoms with Crippen LogP contribution in [0.5, 0.6) is 0 Å². The van der Waals surface area contributed by atoms with E-state index in [0.717, 1.165) is 0 Å². The number of nitrogens with two attached hydrogens (primary N) is 1. The van der Waals surface area contributed by atoms with E-state index in [4.69, 9.17) is 10.5 Å². The van der Waals surface area contributed by atoms with E-state index in [2.05, 4.69) is 0 Å². The van der Waals surface area contributed by atoms with Crippen LogP contribution in [0.1, 0.15) is 38.8 Å². The number of hydrogen-bond acceptors (Lipinski definition) is 3. The first-order valence-corrected chi connectivity index (χ1v) is 6.78. The molecular formula is C15H21FN2O2. The lowest BCUT2D eigenvalue weighted by atomic mass is 10.0. The average molecular weight is 280 g/mol. The molecule has 5 heteroatoms. The fourth-order valence-corrected chi connectivity index (χ4v) is 2.46. The van der Waals surface area contributed by atoms with Gasteiger partial charge in [0.15, 0.2) is 0 Å². The molecule has 1 aromatic carbocycles. The highest BCUT2D eigenvalue weighted by Gasteiger charge is 2.38. The second-order valence-corrected chi connectivity index (χ2v) is 6.13. The Hall–Kier alpha value is -1.62. The Kier molecular flexibility index (Phi) is 3.99. The maximum atomic E-state index is 13.4. The van der Waals surface area contributed by atoms with Gasteiger partial charge in [-0.1, -0.05) is 12.1 Å². The zero-order chi connectivity index (χ0) is 14.9. The third-order valence-corrected chi connectivity index (χ3v) is 3.26. The van der Waals surface area contributed by atoms with Crippen molar-refractivity contribution < 1.29 is 13.9 Å². The van der Waals surface area contributed by atoms with Gasteiger partial charge in [0.1, 0.15) is 11.4 Å². The third-order valence-electron chi connectivity index (χ3n) is 3.26. The number of rotatable bonds is 1. The molecule has 1 fully saturated rings. The van der Waals surface area contributed by atoms with Gasteiger partial charge in [-0.15, -0.1) is 0 Å². The van der Waals surface area contributed by atoms with Crippen molar-refractivity contribution in [3.63, 3.8) is 0 Å².